The first kappa shape index (κ1) is 17.2. The molecular weight excluding hydrogens is 358 g/mol. The van der Waals surface area contributed by atoms with Gasteiger partial charge in [0.05, 0.1) is 0 Å². The highest BCUT2D eigenvalue weighted by Gasteiger charge is 2.35. The van der Waals surface area contributed by atoms with Gasteiger partial charge < -0.3 is 4.57 Å². The number of benzene rings is 2. The van der Waals surface area contributed by atoms with E-state index in [1.165, 1.54) is 9.80 Å². The molecule has 4 rings (SSSR count). The monoisotopic (exact) mass is 375 g/mol. The van der Waals surface area contributed by atoms with E-state index in [9.17, 15) is 9.59 Å². The molecule has 0 saturated carbocycles. The fraction of sp³-hybridized carbons (Fsp3) is 0.0952. The summed E-state index contributed by atoms with van der Waals surface area (Å²) >= 11 is 5.13. The number of aromatic nitrogens is 1. The zero-order valence-corrected chi connectivity index (χ0v) is 15.7. The van der Waals surface area contributed by atoms with Crippen LogP contribution in [0, 0.1) is 0 Å². The number of carbonyl (C=O) groups excluding carboxylic acids is 2. The number of amides is 2. The number of thiocarbonyl (C=S) groups is 1. The van der Waals surface area contributed by atoms with Crippen molar-refractivity contribution in [2.24, 2.45) is 0 Å². The molecule has 0 unspecified atom stereocenters. The Morgan fingerprint density at radius 2 is 1.52 bits per heavy atom. The molecule has 0 spiro atoms. The molecule has 134 valence electrons. The molecule has 0 N–H and O–H groups in total. The molecule has 2 amide bonds. The molecule has 1 aliphatic rings. The normalized spacial score (nSPS) is 15.0. The van der Waals surface area contributed by atoms with E-state index < -0.39 is 11.8 Å². The Balaban J connectivity index is 1.79. The number of rotatable bonds is 2. The Bertz CT molecular complexity index is 1100. The van der Waals surface area contributed by atoms with E-state index in [0.717, 1.165) is 22.2 Å². The zero-order chi connectivity index (χ0) is 19.1. The molecule has 1 aromatic heterocycles. The largest absolute Gasteiger partial charge is 0.317 e. The van der Waals surface area contributed by atoms with Gasteiger partial charge in [-0.15, -0.1) is 0 Å². The van der Waals surface area contributed by atoms with Gasteiger partial charge in [0.25, 0.3) is 11.8 Å². The van der Waals surface area contributed by atoms with Gasteiger partial charge in [-0.2, -0.15) is 0 Å². The molecule has 2 aromatic carbocycles. The molecule has 0 aliphatic carbocycles. The zero-order valence-electron chi connectivity index (χ0n) is 14.9. The number of nitrogens with zero attached hydrogens (tertiary/aromatic N) is 3. The number of hydrogen-bond donors (Lipinski definition) is 0. The lowest BCUT2D eigenvalue weighted by molar-refractivity contribution is -0.132. The van der Waals surface area contributed by atoms with Gasteiger partial charge in [0, 0.05) is 31.7 Å². The van der Waals surface area contributed by atoms with Crippen LogP contribution in [0.25, 0.3) is 22.5 Å². The maximum absolute atomic E-state index is 12.6. The molecule has 27 heavy (non-hydrogen) atoms. The fourth-order valence-electron chi connectivity index (χ4n) is 3.20. The Kier molecular flexibility index (Phi) is 4.12. The van der Waals surface area contributed by atoms with E-state index in [1.807, 2.05) is 41.1 Å². The van der Waals surface area contributed by atoms with E-state index in [0.29, 0.717) is 0 Å². The third-order valence-electron chi connectivity index (χ3n) is 4.73. The number of carbonyl (C=O) groups is 2. The minimum absolute atomic E-state index is 0.0920. The van der Waals surface area contributed by atoms with Crippen molar-refractivity contribution in [3.63, 3.8) is 0 Å². The third kappa shape index (κ3) is 2.84. The lowest BCUT2D eigenvalue weighted by Gasteiger charge is -2.31. The topological polar surface area (TPSA) is 45.6 Å². The quantitative estimate of drug-likeness (QED) is 0.392. The number of likely N-dealkylation sites (N-methyl/N-ethyl adjacent to an activating group) is 2. The summed E-state index contributed by atoms with van der Waals surface area (Å²) < 4.78 is 1.95. The summed E-state index contributed by atoms with van der Waals surface area (Å²) in [5.41, 5.74) is 1.80. The molecule has 1 fully saturated rings. The minimum Gasteiger partial charge on any atom is -0.317 e. The van der Waals surface area contributed by atoms with Crippen molar-refractivity contribution in [3.05, 3.63) is 72.1 Å². The fourth-order valence-corrected chi connectivity index (χ4v) is 3.36. The van der Waals surface area contributed by atoms with E-state index in [-0.39, 0.29) is 10.7 Å². The molecular formula is C21H17N3O2S. The molecule has 3 aromatic rings. The maximum atomic E-state index is 12.6. The van der Waals surface area contributed by atoms with Crippen LogP contribution in [0.1, 0.15) is 5.69 Å². The molecule has 2 heterocycles. The predicted molar refractivity (Wildman–Crippen MR) is 109 cm³/mol. The standard InChI is InChI=1S/C21H17N3O2S/c1-22-19(25)18(20(26)23(2)21(22)27)13-16-8-5-11-24(16)17-10-9-14-6-3-4-7-15(14)12-17/h3-13H,1-2H3. The van der Waals surface area contributed by atoms with Crippen molar-refractivity contribution < 1.29 is 9.59 Å². The average Bonchev–Trinajstić information content (AvgIpc) is 3.16. The Labute approximate surface area is 162 Å². The van der Waals surface area contributed by atoms with E-state index in [1.54, 1.807) is 20.2 Å². The highest BCUT2D eigenvalue weighted by atomic mass is 32.1. The SMILES string of the molecule is CN1C(=O)C(=Cc2cccn2-c2ccc3ccccc3c2)C(=O)N(C)C1=S. The summed E-state index contributed by atoms with van der Waals surface area (Å²) in [5, 5.41) is 2.48. The van der Waals surface area contributed by atoms with Crippen molar-refractivity contribution >= 4 is 46.0 Å². The summed E-state index contributed by atoms with van der Waals surface area (Å²) in [4.78, 5) is 27.7. The van der Waals surface area contributed by atoms with Crippen LogP contribution in [0.4, 0.5) is 0 Å². The van der Waals surface area contributed by atoms with Gasteiger partial charge in [0.2, 0.25) is 0 Å². The molecule has 1 saturated heterocycles. The van der Waals surface area contributed by atoms with Crippen molar-refractivity contribution in [2.75, 3.05) is 14.1 Å². The molecule has 0 atom stereocenters. The van der Waals surface area contributed by atoms with E-state index >= 15 is 0 Å². The van der Waals surface area contributed by atoms with Crippen LogP contribution in [0.5, 0.6) is 0 Å². The van der Waals surface area contributed by atoms with Crippen LogP contribution < -0.4 is 0 Å². The summed E-state index contributed by atoms with van der Waals surface area (Å²) in [6.45, 7) is 0. The second-order valence-corrected chi connectivity index (χ2v) is 6.77. The smallest absolute Gasteiger partial charge is 0.265 e. The Hall–Kier alpha value is -3.25. The van der Waals surface area contributed by atoms with Crippen molar-refractivity contribution in [1.82, 2.24) is 14.4 Å². The summed E-state index contributed by atoms with van der Waals surface area (Å²) in [5.74, 6) is -0.788. The summed E-state index contributed by atoms with van der Waals surface area (Å²) in [7, 11) is 3.15. The number of fused-ring (bicyclic) bond motifs is 1. The third-order valence-corrected chi connectivity index (χ3v) is 5.28. The molecule has 1 aliphatic heterocycles. The first-order valence-electron chi connectivity index (χ1n) is 8.45. The predicted octanol–water partition coefficient (Wildman–Crippen LogP) is 3.23. The first-order valence-corrected chi connectivity index (χ1v) is 8.86. The van der Waals surface area contributed by atoms with Gasteiger partial charge >= 0.3 is 0 Å². The van der Waals surface area contributed by atoms with Gasteiger partial charge in [-0.25, -0.2) is 0 Å². The maximum Gasteiger partial charge on any atom is 0.265 e. The van der Waals surface area contributed by atoms with Crippen LogP contribution >= 0.6 is 12.2 Å². The van der Waals surface area contributed by atoms with Crippen LogP contribution in [-0.4, -0.2) is 45.4 Å². The Morgan fingerprint density at radius 3 is 2.22 bits per heavy atom. The lowest BCUT2D eigenvalue weighted by Crippen LogP contribution is -2.52. The van der Waals surface area contributed by atoms with E-state index in [2.05, 4.69) is 24.3 Å². The van der Waals surface area contributed by atoms with Crippen LogP contribution in [-0.2, 0) is 9.59 Å². The van der Waals surface area contributed by atoms with Crippen molar-refractivity contribution in [3.8, 4) is 5.69 Å². The average molecular weight is 375 g/mol. The van der Waals surface area contributed by atoms with Gasteiger partial charge in [0.1, 0.15) is 5.57 Å². The highest BCUT2D eigenvalue weighted by Crippen LogP contribution is 2.23. The number of hydrogen-bond acceptors (Lipinski definition) is 3. The van der Waals surface area contributed by atoms with E-state index in [4.69, 9.17) is 12.2 Å². The van der Waals surface area contributed by atoms with Gasteiger partial charge in [0.15, 0.2) is 5.11 Å². The van der Waals surface area contributed by atoms with Gasteiger partial charge in [-0.3, -0.25) is 19.4 Å². The molecule has 0 radical (unpaired) electrons. The highest BCUT2D eigenvalue weighted by molar-refractivity contribution is 7.80. The van der Waals surface area contributed by atoms with Crippen LogP contribution in [0.3, 0.4) is 0 Å². The van der Waals surface area contributed by atoms with Crippen molar-refractivity contribution in [2.45, 2.75) is 0 Å². The van der Waals surface area contributed by atoms with Gasteiger partial charge in [-0.05, 0) is 53.3 Å². The van der Waals surface area contributed by atoms with Gasteiger partial charge in [-0.1, -0.05) is 30.3 Å². The van der Waals surface area contributed by atoms with Crippen LogP contribution in [0.2, 0.25) is 0 Å². The molecule has 0 bridgehead atoms. The second-order valence-electron chi connectivity index (χ2n) is 6.40. The summed E-state index contributed by atoms with van der Waals surface area (Å²) in [6.07, 6.45) is 3.53. The molecule has 5 nitrogen and oxygen atoms in total. The van der Waals surface area contributed by atoms with Crippen molar-refractivity contribution in [1.29, 1.82) is 0 Å². The summed E-state index contributed by atoms with van der Waals surface area (Å²) in [6, 6.07) is 18.0. The Morgan fingerprint density at radius 1 is 0.852 bits per heavy atom. The second kappa shape index (κ2) is 6.48. The lowest BCUT2D eigenvalue weighted by atomic mass is 10.1. The minimum atomic E-state index is -0.394. The first-order chi connectivity index (χ1) is 13.0. The molecule has 6 heteroatoms. The van der Waals surface area contributed by atoms with Crippen LogP contribution in [0.15, 0.2) is 66.4 Å².